The van der Waals surface area contributed by atoms with Crippen LogP contribution in [0.4, 0.5) is 0 Å². The number of hydrogen-bond acceptors (Lipinski definition) is 5. The average molecular weight is 314 g/mol. The van der Waals surface area contributed by atoms with Crippen molar-refractivity contribution in [1.82, 2.24) is 20.0 Å². The summed E-state index contributed by atoms with van der Waals surface area (Å²) in [7, 11) is 0. The minimum atomic E-state index is -0.254. The lowest BCUT2D eigenvalue weighted by atomic mass is 9.96. The van der Waals surface area contributed by atoms with Crippen LogP contribution < -0.4 is 0 Å². The molecule has 0 bridgehead atoms. The summed E-state index contributed by atoms with van der Waals surface area (Å²) in [6.07, 6.45) is 3.51. The molecular formula is C17H22N4O2. The number of carbonyl (C=O) groups is 1. The van der Waals surface area contributed by atoms with E-state index < -0.39 is 0 Å². The standard InChI is InChI=1S/C17H22N4O2/c1-5-15-18-8-13-6-7-21(9-14(13)19-15)17(22)10(2)16-11(3)20-23-12(16)4/h8,10H,5-7,9H2,1-4H3. The maximum Gasteiger partial charge on any atom is 0.230 e. The molecule has 2 aromatic rings. The van der Waals surface area contributed by atoms with Gasteiger partial charge in [-0.2, -0.15) is 0 Å². The van der Waals surface area contributed by atoms with E-state index in [1.165, 1.54) is 0 Å². The molecule has 1 atom stereocenters. The second-order valence-corrected chi connectivity index (χ2v) is 6.08. The highest BCUT2D eigenvalue weighted by molar-refractivity contribution is 5.84. The van der Waals surface area contributed by atoms with Crippen LogP contribution in [0.15, 0.2) is 10.7 Å². The zero-order chi connectivity index (χ0) is 16.6. The van der Waals surface area contributed by atoms with Crippen molar-refractivity contribution in [1.29, 1.82) is 0 Å². The number of aromatic nitrogens is 3. The molecule has 1 amide bonds. The van der Waals surface area contributed by atoms with Gasteiger partial charge in [-0.05, 0) is 32.8 Å². The molecule has 0 fully saturated rings. The van der Waals surface area contributed by atoms with Crippen LogP contribution in [-0.2, 0) is 24.2 Å². The highest BCUT2D eigenvalue weighted by Crippen LogP contribution is 2.27. The van der Waals surface area contributed by atoms with Crippen LogP contribution >= 0.6 is 0 Å². The predicted molar refractivity (Wildman–Crippen MR) is 84.9 cm³/mol. The Morgan fingerprint density at radius 1 is 1.43 bits per heavy atom. The van der Waals surface area contributed by atoms with Crippen LogP contribution in [-0.4, -0.2) is 32.5 Å². The van der Waals surface area contributed by atoms with Crippen molar-refractivity contribution in [3.05, 3.63) is 40.3 Å². The van der Waals surface area contributed by atoms with Crippen molar-refractivity contribution in [2.45, 2.75) is 53.0 Å². The number of hydrogen-bond donors (Lipinski definition) is 0. The van der Waals surface area contributed by atoms with Gasteiger partial charge in [0.1, 0.15) is 11.6 Å². The largest absolute Gasteiger partial charge is 0.361 e. The maximum atomic E-state index is 12.9. The summed E-state index contributed by atoms with van der Waals surface area (Å²) in [6, 6.07) is 0. The molecule has 3 rings (SSSR count). The van der Waals surface area contributed by atoms with Gasteiger partial charge in [-0.1, -0.05) is 12.1 Å². The second-order valence-electron chi connectivity index (χ2n) is 6.08. The molecule has 122 valence electrons. The summed E-state index contributed by atoms with van der Waals surface area (Å²) in [5.41, 5.74) is 3.81. The van der Waals surface area contributed by atoms with Gasteiger partial charge in [-0.25, -0.2) is 9.97 Å². The molecular weight excluding hydrogens is 292 g/mol. The van der Waals surface area contributed by atoms with Crippen LogP contribution in [0.5, 0.6) is 0 Å². The molecule has 0 spiro atoms. The lowest BCUT2D eigenvalue weighted by molar-refractivity contribution is -0.133. The van der Waals surface area contributed by atoms with Crippen molar-refractivity contribution in [2.75, 3.05) is 6.54 Å². The first kappa shape index (κ1) is 15.6. The quantitative estimate of drug-likeness (QED) is 0.869. The Bertz CT molecular complexity index is 719. The summed E-state index contributed by atoms with van der Waals surface area (Å²) in [4.78, 5) is 23.7. The number of fused-ring (bicyclic) bond motifs is 1. The first-order valence-electron chi connectivity index (χ1n) is 8.06. The average Bonchev–Trinajstić information content (AvgIpc) is 2.91. The van der Waals surface area contributed by atoms with Crippen LogP contribution in [0.25, 0.3) is 0 Å². The van der Waals surface area contributed by atoms with E-state index in [-0.39, 0.29) is 11.8 Å². The number of nitrogens with zero attached hydrogens (tertiary/aromatic N) is 4. The Balaban J connectivity index is 1.81. The fourth-order valence-electron chi connectivity index (χ4n) is 3.21. The van der Waals surface area contributed by atoms with Crippen LogP contribution in [0.3, 0.4) is 0 Å². The number of aryl methyl sites for hydroxylation is 3. The minimum Gasteiger partial charge on any atom is -0.361 e. The van der Waals surface area contributed by atoms with E-state index in [4.69, 9.17) is 4.52 Å². The summed E-state index contributed by atoms with van der Waals surface area (Å²) >= 11 is 0. The van der Waals surface area contributed by atoms with Gasteiger partial charge in [0.25, 0.3) is 0 Å². The summed E-state index contributed by atoms with van der Waals surface area (Å²) in [5.74, 6) is 1.39. The monoisotopic (exact) mass is 314 g/mol. The molecule has 2 aromatic heterocycles. The molecule has 1 unspecified atom stereocenters. The van der Waals surface area contributed by atoms with E-state index >= 15 is 0 Å². The van der Waals surface area contributed by atoms with Crippen molar-refractivity contribution in [3.63, 3.8) is 0 Å². The van der Waals surface area contributed by atoms with E-state index in [0.717, 1.165) is 46.9 Å². The van der Waals surface area contributed by atoms with E-state index in [2.05, 4.69) is 15.1 Å². The Morgan fingerprint density at radius 2 is 2.22 bits per heavy atom. The van der Waals surface area contributed by atoms with Gasteiger partial charge in [0.05, 0.1) is 23.9 Å². The molecule has 0 radical (unpaired) electrons. The lowest BCUT2D eigenvalue weighted by Gasteiger charge is -2.30. The van der Waals surface area contributed by atoms with Gasteiger partial charge in [-0.15, -0.1) is 0 Å². The first-order valence-corrected chi connectivity index (χ1v) is 8.06. The number of carbonyl (C=O) groups excluding carboxylic acids is 1. The lowest BCUT2D eigenvalue weighted by Crippen LogP contribution is -2.39. The van der Waals surface area contributed by atoms with Crippen molar-refractivity contribution in [3.8, 4) is 0 Å². The van der Waals surface area contributed by atoms with Crippen LogP contribution in [0.1, 0.15) is 53.9 Å². The fraction of sp³-hybridized carbons (Fsp3) is 0.529. The van der Waals surface area contributed by atoms with E-state index in [9.17, 15) is 4.79 Å². The van der Waals surface area contributed by atoms with Crippen LogP contribution in [0.2, 0.25) is 0 Å². The van der Waals surface area contributed by atoms with E-state index in [1.807, 2.05) is 38.8 Å². The van der Waals surface area contributed by atoms with Gasteiger partial charge in [0.2, 0.25) is 5.91 Å². The highest BCUT2D eigenvalue weighted by Gasteiger charge is 2.29. The molecule has 0 N–H and O–H groups in total. The third kappa shape index (κ3) is 2.85. The molecule has 0 aromatic carbocycles. The van der Waals surface area contributed by atoms with Crippen molar-refractivity contribution < 1.29 is 9.32 Å². The van der Waals surface area contributed by atoms with Crippen molar-refractivity contribution in [2.24, 2.45) is 0 Å². The van der Waals surface area contributed by atoms with Gasteiger partial charge in [-0.3, -0.25) is 4.79 Å². The molecule has 6 heteroatoms. The Kier molecular flexibility index (Phi) is 4.15. The molecule has 0 saturated heterocycles. The Hall–Kier alpha value is -2.24. The summed E-state index contributed by atoms with van der Waals surface area (Å²) in [5, 5.41) is 3.96. The normalized spacial score (nSPS) is 15.4. The van der Waals surface area contributed by atoms with E-state index in [1.54, 1.807) is 0 Å². The number of amides is 1. The van der Waals surface area contributed by atoms with E-state index in [0.29, 0.717) is 13.1 Å². The van der Waals surface area contributed by atoms with Crippen molar-refractivity contribution >= 4 is 5.91 Å². The minimum absolute atomic E-state index is 0.0988. The maximum absolute atomic E-state index is 12.9. The summed E-state index contributed by atoms with van der Waals surface area (Å²) in [6.45, 7) is 8.94. The zero-order valence-corrected chi connectivity index (χ0v) is 14.1. The smallest absolute Gasteiger partial charge is 0.230 e. The number of rotatable bonds is 3. The highest BCUT2D eigenvalue weighted by atomic mass is 16.5. The van der Waals surface area contributed by atoms with Gasteiger partial charge in [0, 0.05) is 24.7 Å². The predicted octanol–water partition coefficient (Wildman–Crippen LogP) is 2.33. The fourth-order valence-corrected chi connectivity index (χ4v) is 3.21. The van der Waals surface area contributed by atoms with Gasteiger partial charge in [0.15, 0.2) is 0 Å². The first-order chi connectivity index (χ1) is 11.0. The van der Waals surface area contributed by atoms with Gasteiger partial charge >= 0.3 is 0 Å². The molecule has 1 aliphatic heterocycles. The Labute approximate surface area is 135 Å². The van der Waals surface area contributed by atoms with Crippen LogP contribution in [0, 0.1) is 13.8 Å². The SMILES string of the molecule is CCc1ncc2c(n1)CN(C(=O)C(C)c1c(C)noc1C)CC2. The zero-order valence-electron chi connectivity index (χ0n) is 14.1. The molecule has 0 saturated carbocycles. The molecule has 1 aliphatic rings. The third-order valence-electron chi connectivity index (χ3n) is 4.52. The topological polar surface area (TPSA) is 72.1 Å². The molecule has 3 heterocycles. The molecule has 6 nitrogen and oxygen atoms in total. The second kappa shape index (κ2) is 6.10. The molecule has 0 aliphatic carbocycles. The summed E-state index contributed by atoms with van der Waals surface area (Å²) < 4.78 is 5.20. The molecule has 23 heavy (non-hydrogen) atoms. The Morgan fingerprint density at radius 3 is 2.87 bits per heavy atom. The van der Waals surface area contributed by atoms with Gasteiger partial charge < -0.3 is 9.42 Å². The third-order valence-corrected chi connectivity index (χ3v) is 4.52.